The first-order valence-corrected chi connectivity index (χ1v) is 8.80. The van der Waals surface area contributed by atoms with Crippen LogP contribution in [0, 0.1) is 6.92 Å². The first-order valence-electron chi connectivity index (χ1n) is 6.16. The second-order valence-electron chi connectivity index (χ2n) is 4.68. The van der Waals surface area contributed by atoms with Gasteiger partial charge in [0.2, 0.25) is 10.0 Å². The fourth-order valence-electron chi connectivity index (χ4n) is 1.97. The first-order chi connectivity index (χ1) is 9.38. The number of hydrogen-bond donors (Lipinski definition) is 0. The summed E-state index contributed by atoms with van der Waals surface area (Å²) in [4.78, 5) is 0. The van der Waals surface area contributed by atoms with Crippen molar-refractivity contribution < 1.29 is 8.42 Å². The molecule has 0 atom stereocenters. The monoisotopic (exact) mass is 353 g/mol. The molecular weight excluding hydrogens is 338 g/mol. The van der Waals surface area contributed by atoms with Crippen LogP contribution in [-0.2, 0) is 16.6 Å². The van der Waals surface area contributed by atoms with Gasteiger partial charge in [-0.1, -0.05) is 46.3 Å². The van der Waals surface area contributed by atoms with Gasteiger partial charge < -0.3 is 0 Å². The Balaban J connectivity index is 2.43. The lowest BCUT2D eigenvalue weighted by Gasteiger charge is -2.23. The van der Waals surface area contributed by atoms with Crippen molar-refractivity contribution >= 4 is 31.6 Å². The number of nitrogens with zero attached hydrogens (tertiary/aromatic N) is 1. The Labute approximate surface area is 128 Å². The van der Waals surface area contributed by atoms with Crippen LogP contribution in [0.3, 0.4) is 0 Å². The number of aryl methyl sites for hydroxylation is 1. The summed E-state index contributed by atoms with van der Waals surface area (Å²) < 4.78 is 26.4. The van der Waals surface area contributed by atoms with Crippen molar-refractivity contribution in [1.82, 2.24) is 0 Å². The molecule has 0 unspecified atom stereocenters. The van der Waals surface area contributed by atoms with Crippen LogP contribution >= 0.6 is 15.9 Å². The molecule has 2 rings (SSSR count). The van der Waals surface area contributed by atoms with Crippen LogP contribution in [0.25, 0.3) is 0 Å². The van der Waals surface area contributed by atoms with Crippen LogP contribution in [0.15, 0.2) is 53.0 Å². The minimum atomic E-state index is -3.34. The average molecular weight is 354 g/mol. The standard InChI is InChI=1S/C15H16BrNO2S/c1-12-6-3-4-7-13(12)11-17(20(2,18)19)15-9-5-8-14(16)10-15/h3-10H,11H2,1-2H3. The minimum Gasteiger partial charge on any atom is -0.266 e. The molecule has 5 heteroatoms. The van der Waals surface area contributed by atoms with E-state index in [1.807, 2.05) is 43.3 Å². The van der Waals surface area contributed by atoms with Crippen molar-refractivity contribution in [1.29, 1.82) is 0 Å². The molecule has 0 fully saturated rings. The van der Waals surface area contributed by atoms with Gasteiger partial charge in [-0.3, -0.25) is 4.31 Å². The molecule has 20 heavy (non-hydrogen) atoms. The van der Waals surface area contributed by atoms with Crippen molar-refractivity contribution in [2.24, 2.45) is 0 Å². The number of hydrogen-bond acceptors (Lipinski definition) is 2. The van der Waals surface area contributed by atoms with E-state index in [0.29, 0.717) is 12.2 Å². The zero-order valence-corrected chi connectivity index (χ0v) is 13.8. The zero-order chi connectivity index (χ0) is 14.8. The Morgan fingerprint density at radius 1 is 1.10 bits per heavy atom. The summed E-state index contributed by atoms with van der Waals surface area (Å²) in [5.74, 6) is 0. The average Bonchev–Trinajstić information content (AvgIpc) is 2.36. The third kappa shape index (κ3) is 3.61. The number of benzene rings is 2. The number of anilines is 1. The smallest absolute Gasteiger partial charge is 0.232 e. The van der Waals surface area contributed by atoms with Crippen molar-refractivity contribution in [3.05, 3.63) is 64.1 Å². The van der Waals surface area contributed by atoms with Gasteiger partial charge >= 0.3 is 0 Å². The fraction of sp³-hybridized carbons (Fsp3) is 0.200. The van der Waals surface area contributed by atoms with E-state index >= 15 is 0 Å². The van der Waals surface area contributed by atoms with Crippen LogP contribution in [0.1, 0.15) is 11.1 Å². The predicted octanol–water partition coefficient (Wildman–Crippen LogP) is 3.72. The van der Waals surface area contributed by atoms with Crippen molar-refractivity contribution in [3.63, 3.8) is 0 Å². The van der Waals surface area contributed by atoms with Crippen molar-refractivity contribution in [3.8, 4) is 0 Å². The van der Waals surface area contributed by atoms with Gasteiger partial charge in [0.15, 0.2) is 0 Å². The third-order valence-corrected chi connectivity index (χ3v) is 4.71. The van der Waals surface area contributed by atoms with Gasteiger partial charge in [0.25, 0.3) is 0 Å². The van der Waals surface area contributed by atoms with Gasteiger partial charge in [0.1, 0.15) is 0 Å². The highest BCUT2D eigenvalue weighted by Crippen LogP contribution is 2.24. The molecule has 0 aliphatic carbocycles. The Bertz CT molecular complexity index is 713. The van der Waals surface area contributed by atoms with Gasteiger partial charge in [-0.2, -0.15) is 0 Å². The maximum absolute atomic E-state index is 12.1. The van der Waals surface area contributed by atoms with E-state index in [9.17, 15) is 8.42 Å². The molecule has 0 amide bonds. The van der Waals surface area contributed by atoms with Gasteiger partial charge in [-0.05, 0) is 36.2 Å². The summed E-state index contributed by atoms with van der Waals surface area (Å²) in [7, 11) is -3.34. The molecule has 3 nitrogen and oxygen atoms in total. The van der Waals surface area contributed by atoms with Gasteiger partial charge in [0, 0.05) is 4.47 Å². The number of halogens is 1. The second kappa shape index (κ2) is 5.97. The van der Waals surface area contributed by atoms with Gasteiger partial charge in [-0.15, -0.1) is 0 Å². The van der Waals surface area contributed by atoms with Crippen molar-refractivity contribution in [2.75, 3.05) is 10.6 Å². The predicted molar refractivity (Wildman–Crippen MR) is 86.3 cm³/mol. The second-order valence-corrected chi connectivity index (χ2v) is 7.50. The number of sulfonamides is 1. The molecule has 0 aromatic heterocycles. The lowest BCUT2D eigenvalue weighted by molar-refractivity contribution is 0.596. The summed E-state index contributed by atoms with van der Waals surface area (Å²) in [6, 6.07) is 15.1. The molecule has 0 saturated carbocycles. The molecule has 2 aromatic carbocycles. The van der Waals surface area contributed by atoms with E-state index in [4.69, 9.17) is 0 Å². The van der Waals surface area contributed by atoms with E-state index in [2.05, 4.69) is 15.9 Å². The Morgan fingerprint density at radius 3 is 2.40 bits per heavy atom. The highest BCUT2D eigenvalue weighted by molar-refractivity contribution is 9.10. The van der Waals surface area contributed by atoms with E-state index < -0.39 is 10.0 Å². The number of rotatable bonds is 4. The molecule has 0 heterocycles. The maximum Gasteiger partial charge on any atom is 0.232 e. The summed E-state index contributed by atoms with van der Waals surface area (Å²) in [5, 5.41) is 0. The van der Waals surface area contributed by atoms with Crippen molar-refractivity contribution in [2.45, 2.75) is 13.5 Å². The van der Waals surface area contributed by atoms with Gasteiger partial charge in [0.05, 0.1) is 18.5 Å². The molecule has 106 valence electrons. The first kappa shape index (κ1) is 15.1. The molecule has 0 aliphatic heterocycles. The largest absolute Gasteiger partial charge is 0.266 e. The van der Waals surface area contributed by atoms with Crippen LogP contribution in [0.4, 0.5) is 5.69 Å². The van der Waals surface area contributed by atoms with E-state index in [-0.39, 0.29) is 0 Å². The molecule has 0 bridgehead atoms. The summed E-state index contributed by atoms with van der Waals surface area (Å²) >= 11 is 3.38. The molecule has 0 radical (unpaired) electrons. The molecule has 0 aliphatic rings. The summed E-state index contributed by atoms with van der Waals surface area (Å²) in [5.41, 5.74) is 2.74. The third-order valence-electron chi connectivity index (χ3n) is 3.07. The molecule has 2 aromatic rings. The van der Waals surface area contributed by atoms with Crippen LogP contribution in [0.2, 0.25) is 0 Å². The zero-order valence-electron chi connectivity index (χ0n) is 11.4. The Morgan fingerprint density at radius 2 is 1.80 bits per heavy atom. The Hall–Kier alpha value is -1.33. The van der Waals surface area contributed by atoms with E-state index in [0.717, 1.165) is 15.6 Å². The lowest BCUT2D eigenvalue weighted by atomic mass is 10.1. The lowest BCUT2D eigenvalue weighted by Crippen LogP contribution is -2.29. The SMILES string of the molecule is Cc1ccccc1CN(c1cccc(Br)c1)S(C)(=O)=O. The van der Waals surface area contributed by atoms with Crippen LogP contribution in [0.5, 0.6) is 0 Å². The molecule has 0 saturated heterocycles. The molecule has 0 N–H and O–H groups in total. The van der Waals surface area contributed by atoms with Crippen LogP contribution in [-0.4, -0.2) is 14.7 Å². The van der Waals surface area contributed by atoms with Gasteiger partial charge in [-0.25, -0.2) is 8.42 Å². The maximum atomic E-state index is 12.1. The van der Waals surface area contributed by atoms with E-state index in [1.165, 1.54) is 10.6 Å². The minimum absolute atomic E-state index is 0.335. The van der Waals surface area contributed by atoms with Crippen LogP contribution < -0.4 is 4.31 Å². The fourth-order valence-corrected chi connectivity index (χ4v) is 3.23. The topological polar surface area (TPSA) is 37.4 Å². The summed E-state index contributed by atoms with van der Waals surface area (Å²) in [6.07, 6.45) is 1.23. The quantitative estimate of drug-likeness (QED) is 0.839. The highest BCUT2D eigenvalue weighted by Gasteiger charge is 2.18. The molecule has 0 spiro atoms. The highest BCUT2D eigenvalue weighted by atomic mass is 79.9. The molecular formula is C15H16BrNO2S. The Kier molecular flexibility index (Phi) is 4.50. The van der Waals surface area contributed by atoms with E-state index in [1.54, 1.807) is 12.1 Å². The summed E-state index contributed by atoms with van der Waals surface area (Å²) in [6.45, 7) is 2.32. The normalized spacial score (nSPS) is 11.3.